The molecule has 0 aliphatic carbocycles. The molecule has 2 aromatic carbocycles. The number of aryl methyl sites for hydroxylation is 1. The van der Waals surface area contributed by atoms with Gasteiger partial charge in [-0.3, -0.25) is 24.5 Å². The van der Waals surface area contributed by atoms with Crippen molar-refractivity contribution in [3.63, 3.8) is 0 Å². The number of nitrogens with zero attached hydrogens (tertiary/aromatic N) is 3. The number of nitrogens with one attached hydrogen (secondary N) is 3. The van der Waals surface area contributed by atoms with Crippen LogP contribution in [0, 0.1) is 6.92 Å². The van der Waals surface area contributed by atoms with Crippen LogP contribution < -0.4 is 25.4 Å². The number of rotatable bonds is 24. The molecule has 2 aliphatic heterocycles. The number of carbonyl (C=O) groups is 4. The van der Waals surface area contributed by atoms with Crippen molar-refractivity contribution >= 4 is 67.6 Å². The Morgan fingerprint density at radius 1 is 0.950 bits per heavy atom. The van der Waals surface area contributed by atoms with E-state index in [9.17, 15) is 19.2 Å². The molecule has 3 N–H and O–H groups in total. The molecule has 322 valence electrons. The van der Waals surface area contributed by atoms with Crippen molar-refractivity contribution < 1.29 is 28.7 Å². The van der Waals surface area contributed by atoms with E-state index in [0.29, 0.717) is 55.4 Å². The number of amides is 4. The number of unbranched alkanes of at least 4 members (excludes halogenated alkanes) is 12. The summed E-state index contributed by atoms with van der Waals surface area (Å²) in [5.74, 6) is 1.98. The second kappa shape index (κ2) is 22.3. The third-order valence-corrected chi connectivity index (χ3v) is 13.0. The second-order valence-corrected chi connectivity index (χ2v) is 17.9. The van der Waals surface area contributed by atoms with Crippen LogP contribution >= 0.6 is 27.3 Å². The number of benzene rings is 2. The zero-order valence-electron chi connectivity index (χ0n) is 35.2. The minimum Gasteiger partial charge on any atom is -0.493 e. The van der Waals surface area contributed by atoms with Gasteiger partial charge in [0.25, 0.3) is 5.91 Å². The monoisotopic (exact) mass is 902 g/mol. The molecule has 12 nitrogen and oxygen atoms in total. The van der Waals surface area contributed by atoms with E-state index < -0.39 is 11.9 Å². The summed E-state index contributed by atoms with van der Waals surface area (Å²) in [4.78, 5) is 61.2. The predicted octanol–water partition coefficient (Wildman–Crippen LogP) is 9.86. The Hall–Kier alpha value is -4.56. The van der Waals surface area contributed by atoms with E-state index in [1.54, 1.807) is 12.0 Å². The standard InChI is InChI=1S/C46H59BrN6O6S/c1-30(32-18-17-19-33(47)24-32)49-44-34-25-39(58-3)40(26-37(34)50-31(2)51-44)59-23-16-14-12-10-8-6-4-5-7-9-11-13-15-20-42(54)48-27-41-35-28-53(46(57)36(35)29-60-41)38-21-22-43(55)52-45(38)56/h17-19,24-26,29-30,38H,4-16,20-23,27-28H2,1-3H3,(H,48,54)(H,49,50,51)(H,52,55,56). The number of anilines is 1. The van der Waals surface area contributed by atoms with Crippen LogP contribution in [-0.2, 0) is 27.5 Å². The van der Waals surface area contributed by atoms with Gasteiger partial charge in [-0.2, -0.15) is 0 Å². The minimum absolute atomic E-state index is 0.0253. The third kappa shape index (κ3) is 12.3. The average molecular weight is 904 g/mol. The molecule has 0 saturated carbocycles. The molecule has 2 unspecified atom stereocenters. The number of piperidine rings is 1. The van der Waals surface area contributed by atoms with Gasteiger partial charge in [-0.15, -0.1) is 11.3 Å². The van der Waals surface area contributed by atoms with Crippen LogP contribution in [0.25, 0.3) is 10.9 Å². The zero-order chi connectivity index (χ0) is 42.4. The first kappa shape index (κ1) is 45.0. The van der Waals surface area contributed by atoms with E-state index in [4.69, 9.17) is 19.4 Å². The summed E-state index contributed by atoms with van der Waals surface area (Å²) < 4.78 is 13.0. The number of halogens is 1. The van der Waals surface area contributed by atoms with Crippen LogP contribution in [0.2, 0.25) is 0 Å². The molecule has 0 bridgehead atoms. The number of fused-ring (bicyclic) bond motifs is 2. The predicted molar refractivity (Wildman–Crippen MR) is 239 cm³/mol. The number of carbonyl (C=O) groups excluding carboxylic acids is 4. The maximum Gasteiger partial charge on any atom is 0.256 e. The van der Waals surface area contributed by atoms with Crippen molar-refractivity contribution in [3.8, 4) is 11.5 Å². The minimum atomic E-state index is -0.628. The quantitative estimate of drug-likeness (QED) is 0.0461. The van der Waals surface area contributed by atoms with E-state index in [1.807, 2.05) is 36.6 Å². The van der Waals surface area contributed by atoms with Crippen LogP contribution in [0.15, 0.2) is 46.3 Å². The highest BCUT2D eigenvalue weighted by Gasteiger charge is 2.40. The van der Waals surface area contributed by atoms with Crippen LogP contribution in [0.5, 0.6) is 11.5 Å². The third-order valence-electron chi connectivity index (χ3n) is 11.4. The van der Waals surface area contributed by atoms with Gasteiger partial charge < -0.3 is 25.0 Å². The summed E-state index contributed by atoms with van der Waals surface area (Å²) in [6.45, 7) is 5.38. The van der Waals surface area contributed by atoms with E-state index in [2.05, 4.69) is 50.9 Å². The Morgan fingerprint density at radius 2 is 1.65 bits per heavy atom. The highest BCUT2D eigenvalue weighted by molar-refractivity contribution is 9.10. The first-order valence-corrected chi connectivity index (χ1v) is 23.3. The van der Waals surface area contributed by atoms with Gasteiger partial charge in [0.15, 0.2) is 11.5 Å². The molecule has 4 heterocycles. The summed E-state index contributed by atoms with van der Waals surface area (Å²) >= 11 is 5.04. The molecule has 1 saturated heterocycles. The van der Waals surface area contributed by atoms with Crippen molar-refractivity contribution in [2.45, 2.75) is 142 Å². The van der Waals surface area contributed by atoms with Gasteiger partial charge in [0.1, 0.15) is 17.7 Å². The number of thiophene rings is 1. The van der Waals surface area contributed by atoms with Gasteiger partial charge in [-0.1, -0.05) is 98.7 Å². The van der Waals surface area contributed by atoms with Crippen molar-refractivity contribution in [1.82, 2.24) is 25.5 Å². The Kier molecular flexibility index (Phi) is 16.7. The molecule has 60 heavy (non-hydrogen) atoms. The van der Waals surface area contributed by atoms with Crippen molar-refractivity contribution in [2.24, 2.45) is 0 Å². The zero-order valence-corrected chi connectivity index (χ0v) is 37.6. The summed E-state index contributed by atoms with van der Waals surface area (Å²) in [6, 6.07) is 11.6. The van der Waals surface area contributed by atoms with Gasteiger partial charge in [0.2, 0.25) is 17.7 Å². The van der Waals surface area contributed by atoms with Gasteiger partial charge in [0, 0.05) is 45.6 Å². The maximum atomic E-state index is 12.9. The first-order valence-electron chi connectivity index (χ1n) is 21.6. The highest BCUT2D eigenvalue weighted by Crippen LogP contribution is 2.36. The summed E-state index contributed by atoms with van der Waals surface area (Å²) in [5.41, 5.74) is 3.46. The molecular weight excluding hydrogens is 845 g/mol. The van der Waals surface area contributed by atoms with Gasteiger partial charge in [-0.25, -0.2) is 9.97 Å². The molecule has 2 aromatic heterocycles. The molecule has 6 rings (SSSR count). The maximum absolute atomic E-state index is 12.9. The number of ether oxygens (including phenoxy) is 2. The lowest BCUT2D eigenvalue weighted by Gasteiger charge is -2.29. The topological polar surface area (TPSA) is 152 Å². The van der Waals surface area contributed by atoms with Gasteiger partial charge >= 0.3 is 0 Å². The van der Waals surface area contributed by atoms with Gasteiger partial charge in [0.05, 0.1) is 37.4 Å². The Morgan fingerprint density at radius 3 is 2.33 bits per heavy atom. The number of imide groups is 1. The SMILES string of the molecule is COc1cc2c(NC(C)c3cccc(Br)c3)nc(C)nc2cc1OCCCCCCCCCCCCCCCC(=O)NCc1scc2c1CN(C1CCC(=O)NC1=O)C2=O. The summed E-state index contributed by atoms with van der Waals surface area (Å²) in [7, 11) is 1.67. The molecule has 0 radical (unpaired) electrons. The molecule has 4 aromatic rings. The van der Waals surface area contributed by atoms with Gasteiger partial charge in [-0.05, 0) is 62.4 Å². The molecule has 2 aliphatic rings. The lowest BCUT2D eigenvalue weighted by molar-refractivity contribution is -0.137. The summed E-state index contributed by atoms with van der Waals surface area (Å²) in [6.07, 6.45) is 16.3. The van der Waals surface area contributed by atoms with Crippen molar-refractivity contribution in [3.05, 3.63) is 73.6 Å². The Balaban J connectivity index is 0.768. The molecule has 0 spiro atoms. The molecular formula is C46H59BrN6O6S. The Labute approximate surface area is 366 Å². The molecule has 2 atom stereocenters. The number of aromatic nitrogens is 2. The molecule has 4 amide bonds. The van der Waals surface area contributed by atoms with Crippen molar-refractivity contribution in [1.29, 1.82) is 0 Å². The average Bonchev–Trinajstić information content (AvgIpc) is 3.78. The van der Waals surface area contributed by atoms with Crippen LogP contribution in [-0.4, -0.2) is 58.3 Å². The molecule has 1 fully saturated rings. The lowest BCUT2D eigenvalue weighted by Crippen LogP contribution is -2.52. The number of hydrogen-bond donors (Lipinski definition) is 3. The van der Waals surface area contributed by atoms with E-state index in [-0.39, 0.29) is 30.2 Å². The fourth-order valence-electron chi connectivity index (χ4n) is 8.03. The van der Waals surface area contributed by atoms with Crippen LogP contribution in [0.1, 0.15) is 148 Å². The highest BCUT2D eigenvalue weighted by atomic mass is 79.9. The largest absolute Gasteiger partial charge is 0.493 e. The van der Waals surface area contributed by atoms with E-state index in [1.165, 1.54) is 62.7 Å². The number of hydrogen-bond acceptors (Lipinski definition) is 10. The van der Waals surface area contributed by atoms with Crippen molar-refractivity contribution in [2.75, 3.05) is 19.0 Å². The normalized spacial score (nSPS) is 15.6. The Bertz CT molecular complexity index is 2130. The second-order valence-electron chi connectivity index (χ2n) is 16.0. The van der Waals surface area contributed by atoms with E-state index >= 15 is 0 Å². The number of methoxy groups -OCH3 is 1. The smallest absolute Gasteiger partial charge is 0.256 e. The summed E-state index contributed by atoms with van der Waals surface area (Å²) in [5, 5.41) is 11.6. The lowest BCUT2D eigenvalue weighted by atomic mass is 10.0. The van der Waals surface area contributed by atoms with Crippen LogP contribution in [0.4, 0.5) is 5.82 Å². The fraction of sp³-hybridized carbons (Fsp3) is 0.522. The van der Waals surface area contributed by atoms with E-state index in [0.717, 1.165) is 69.3 Å². The molecule has 14 heteroatoms. The van der Waals surface area contributed by atoms with Crippen LogP contribution in [0.3, 0.4) is 0 Å². The fourth-order valence-corrected chi connectivity index (χ4v) is 9.43. The first-order chi connectivity index (χ1) is 29.1.